The predicted octanol–water partition coefficient (Wildman–Crippen LogP) is 1.82. The van der Waals surface area contributed by atoms with E-state index in [1.807, 2.05) is 12.1 Å². The molecule has 2 aliphatic rings. The molecule has 0 unspecified atom stereocenters. The van der Waals surface area contributed by atoms with E-state index < -0.39 is 0 Å². The Hall–Kier alpha value is -1.35. The van der Waals surface area contributed by atoms with E-state index in [1.54, 1.807) is 0 Å². The van der Waals surface area contributed by atoms with Gasteiger partial charge in [0.1, 0.15) is 0 Å². The van der Waals surface area contributed by atoms with Crippen molar-refractivity contribution in [2.45, 2.75) is 32.4 Å². The summed E-state index contributed by atoms with van der Waals surface area (Å²) in [5.41, 5.74) is 3.38. The average molecular weight is 230 g/mol. The number of nitrogens with one attached hydrogen (secondary N) is 2. The molecule has 0 saturated heterocycles. The lowest BCUT2D eigenvalue weighted by Crippen LogP contribution is -2.24. The second-order valence-electron chi connectivity index (χ2n) is 5.07. The van der Waals surface area contributed by atoms with Crippen molar-refractivity contribution in [1.29, 1.82) is 0 Å². The summed E-state index contributed by atoms with van der Waals surface area (Å²) in [4.78, 5) is 11.9. The summed E-state index contributed by atoms with van der Waals surface area (Å²) < 4.78 is 0. The number of rotatable bonds is 4. The molecule has 1 aromatic carbocycles. The van der Waals surface area contributed by atoms with Crippen molar-refractivity contribution >= 4 is 5.91 Å². The first-order valence-electron chi connectivity index (χ1n) is 6.43. The maximum absolute atomic E-state index is 11.9. The topological polar surface area (TPSA) is 41.1 Å². The van der Waals surface area contributed by atoms with Crippen LogP contribution in [0.15, 0.2) is 18.2 Å². The Morgan fingerprint density at radius 2 is 2.12 bits per heavy atom. The van der Waals surface area contributed by atoms with Crippen molar-refractivity contribution in [3.05, 3.63) is 34.9 Å². The zero-order chi connectivity index (χ0) is 11.7. The van der Waals surface area contributed by atoms with Crippen LogP contribution in [-0.4, -0.2) is 12.5 Å². The van der Waals surface area contributed by atoms with E-state index in [9.17, 15) is 4.79 Å². The van der Waals surface area contributed by atoms with Crippen molar-refractivity contribution in [2.75, 3.05) is 6.54 Å². The highest BCUT2D eigenvalue weighted by atomic mass is 16.1. The van der Waals surface area contributed by atoms with Crippen LogP contribution in [0, 0.1) is 5.92 Å². The van der Waals surface area contributed by atoms with Gasteiger partial charge < -0.3 is 10.6 Å². The Morgan fingerprint density at radius 3 is 2.94 bits per heavy atom. The van der Waals surface area contributed by atoms with Crippen molar-refractivity contribution < 1.29 is 4.79 Å². The third kappa shape index (κ3) is 2.50. The highest BCUT2D eigenvalue weighted by Crippen LogP contribution is 2.31. The lowest BCUT2D eigenvalue weighted by atomic mass is 10.1. The Kier molecular flexibility index (Phi) is 2.85. The minimum atomic E-state index is 0.0698. The fraction of sp³-hybridized carbons (Fsp3) is 0.500. The van der Waals surface area contributed by atoms with E-state index in [1.165, 1.54) is 24.0 Å². The summed E-state index contributed by atoms with van der Waals surface area (Å²) in [7, 11) is 0. The molecular formula is C14H18N2O. The molecule has 3 heteroatoms. The molecule has 1 aromatic rings. The van der Waals surface area contributed by atoms with Crippen LogP contribution in [0.2, 0.25) is 0 Å². The van der Waals surface area contributed by atoms with Gasteiger partial charge in [-0.1, -0.05) is 18.9 Å². The van der Waals surface area contributed by atoms with E-state index >= 15 is 0 Å². The number of hydrogen-bond acceptors (Lipinski definition) is 2. The summed E-state index contributed by atoms with van der Waals surface area (Å²) in [6.45, 7) is 2.64. The largest absolute Gasteiger partial charge is 0.352 e. The molecule has 0 spiro atoms. The van der Waals surface area contributed by atoms with Crippen molar-refractivity contribution in [2.24, 2.45) is 5.92 Å². The van der Waals surface area contributed by atoms with E-state index in [-0.39, 0.29) is 5.91 Å². The Morgan fingerprint density at radius 1 is 1.29 bits per heavy atom. The lowest BCUT2D eigenvalue weighted by Gasteiger charge is -2.06. The summed E-state index contributed by atoms with van der Waals surface area (Å²) in [5, 5.41) is 6.29. The van der Waals surface area contributed by atoms with Crippen molar-refractivity contribution in [3.8, 4) is 0 Å². The molecule has 17 heavy (non-hydrogen) atoms. The van der Waals surface area contributed by atoms with Gasteiger partial charge in [0.25, 0.3) is 5.91 Å². The molecule has 2 N–H and O–H groups in total. The highest BCUT2D eigenvalue weighted by molar-refractivity contribution is 5.94. The van der Waals surface area contributed by atoms with Gasteiger partial charge in [0.2, 0.25) is 0 Å². The van der Waals surface area contributed by atoms with Gasteiger partial charge in [0.15, 0.2) is 0 Å². The van der Waals surface area contributed by atoms with Crippen LogP contribution in [0.25, 0.3) is 0 Å². The normalized spacial score (nSPS) is 17.9. The molecule has 1 aliphatic heterocycles. The zero-order valence-electron chi connectivity index (χ0n) is 9.96. The third-order valence-electron chi connectivity index (χ3n) is 3.63. The fourth-order valence-electron chi connectivity index (χ4n) is 2.33. The number of carbonyl (C=O) groups is 1. The minimum absolute atomic E-state index is 0.0698. The van der Waals surface area contributed by atoms with E-state index in [0.717, 1.165) is 37.5 Å². The molecule has 3 rings (SSSR count). The van der Waals surface area contributed by atoms with Crippen LogP contribution < -0.4 is 10.6 Å². The fourth-order valence-corrected chi connectivity index (χ4v) is 2.33. The standard InChI is InChI=1S/C14H18N2O/c17-14(16-6-5-10-1-2-10)11-3-4-12-8-15-9-13(12)7-11/h3-4,7,10,15H,1-2,5-6,8-9H2,(H,16,17). The Balaban J connectivity index is 1.60. The van der Waals surface area contributed by atoms with Gasteiger partial charge in [0.05, 0.1) is 0 Å². The molecule has 0 aromatic heterocycles. The summed E-state index contributed by atoms with van der Waals surface area (Å²) in [5.74, 6) is 0.944. The quantitative estimate of drug-likeness (QED) is 0.828. The number of fused-ring (bicyclic) bond motifs is 1. The Bertz CT molecular complexity index is 438. The molecular weight excluding hydrogens is 212 g/mol. The molecule has 3 nitrogen and oxygen atoms in total. The second kappa shape index (κ2) is 4.49. The SMILES string of the molecule is O=C(NCCC1CC1)c1ccc2c(c1)CNC2. The average Bonchev–Trinajstić information content (AvgIpc) is 3.04. The zero-order valence-corrected chi connectivity index (χ0v) is 9.96. The minimum Gasteiger partial charge on any atom is -0.352 e. The molecule has 1 aliphatic carbocycles. The summed E-state index contributed by atoms with van der Waals surface area (Å²) in [6, 6.07) is 6.01. The van der Waals surface area contributed by atoms with E-state index in [2.05, 4.69) is 16.7 Å². The van der Waals surface area contributed by atoms with Crippen LogP contribution in [0.4, 0.5) is 0 Å². The van der Waals surface area contributed by atoms with Crippen LogP contribution in [0.3, 0.4) is 0 Å². The van der Waals surface area contributed by atoms with Gasteiger partial charge in [-0.3, -0.25) is 4.79 Å². The Labute approximate surface area is 102 Å². The maximum atomic E-state index is 11.9. The van der Waals surface area contributed by atoms with Crippen LogP contribution in [0.5, 0.6) is 0 Å². The second-order valence-corrected chi connectivity index (χ2v) is 5.07. The van der Waals surface area contributed by atoms with E-state index in [4.69, 9.17) is 0 Å². The van der Waals surface area contributed by atoms with Crippen molar-refractivity contribution in [1.82, 2.24) is 10.6 Å². The van der Waals surface area contributed by atoms with Gasteiger partial charge in [-0.15, -0.1) is 0 Å². The van der Waals surface area contributed by atoms with Crippen LogP contribution >= 0.6 is 0 Å². The summed E-state index contributed by atoms with van der Waals surface area (Å²) in [6.07, 6.45) is 3.83. The number of carbonyl (C=O) groups excluding carboxylic acids is 1. The maximum Gasteiger partial charge on any atom is 0.251 e. The molecule has 1 amide bonds. The molecule has 1 fully saturated rings. The van der Waals surface area contributed by atoms with Crippen LogP contribution in [-0.2, 0) is 13.1 Å². The first kappa shape index (κ1) is 10.8. The van der Waals surface area contributed by atoms with Crippen molar-refractivity contribution in [3.63, 3.8) is 0 Å². The van der Waals surface area contributed by atoms with Gasteiger partial charge in [0, 0.05) is 25.2 Å². The van der Waals surface area contributed by atoms with Gasteiger partial charge in [-0.2, -0.15) is 0 Å². The molecule has 90 valence electrons. The number of amides is 1. The summed E-state index contributed by atoms with van der Waals surface area (Å²) >= 11 is 0. The van der Waals surface area contributed by atoms with Gasteiger partial charge >= 0.3 is 0 Å². The first-order chi connectivity index (χ1) is 8.33. The third-order valence-corrected chi connectivity index (χ3v) is 3.63. The van der Waals surface area contributed by atoms with Gasteiger partial charge in [-0.25, -0.2) is 0 Å². The van der Waals surface area contributed by atoms with E-state index in [0.29, 0.717) is 0 Å². The monoisotopic (exact) mass is 230 g/mol. The molecule has 0 bridgehead atoms. The van der Waals surface area contributed by atoms with Crippen LogP contribution in [0.1, 0.15) is 40.7 Å². The smallest absolute Gasteiger partial charge is 0.251 e. The number of hydrogen-bond donors (Lipinski definition) is 2. The number of benzene rings is 1. The highest BCUT2D eigenvalue weighted by Gasteiger charge is 2.20. The molecule has 1 saturated carbocycles. The first-order valence-corrected chi connectivity index (χ1v) is 6.43. The molecule has 0 atom stereocenters. The molecule has 1 heterocycles. The predicted molar refractivity (Wildman–Crippen MR) is 66.7 cm³/mol. The van der Waals surface area contributed by atoms with Gasteiger partial charge in [-0.05, 0) is 35.6 Å². The lowest BCUT2D eigenvalue weighted by molar-refractivity contribution is 0.0952. The molecule has 0 radical (unpaired) electrons.